The Bertz CT molecular complexity index is 227. The Hall–Kier alpha value is -0.0800. The molecule has 106 valence electrons. The summed E-state index contributed by atoms with van der Waals surface area (Å²) in [6.07, 6.45) is 11.5. The van der Waals surface area contributed by atoms with Gasteiger partial charge in [-0.15, -0.1) is 0 Å². The molecule has 3 atom stereocenters. The van der Waals surface area contributed by atoms with Crippen LogP contribution in [0.25, 0.3) is 0 Å². The molecule has 0 spiro atoms. The molecule has 0 aromatic carbocycles. The van der Waals surface area contributed by atoms with Gasteiger partial charge in [0.15, 0.2) is 0 Å². The molecule has 3 unspecified atom stereocenters. The van der Waals surface area contributed by atoms with Crippen molar-refractivity contribution < 1.29 is 0 Å². The van der Waals surface area contributed by atoms with Gasteiger partial charge >= 0.3 is 0 Å². The summed E-state index contributed by atoms with van der Waals surface area (Å²) in [7, 11) is 0. The molecule has 18 heavy (non-hydrogen) atoms. The average molecular weight is 252 g/mol. The summed E-state index contributed by atoms with van der Waals surface area (Å²) in [5.41, 5.74) is 0. The Labute approximate surface area is 114 Å². The highest BCUT2D eigenvalue weighted by atomic mass is 15.2. The lowest BCUT2D eigenvalue weighted by atomic mass is 9.78. The highest BCUT2D eigenvalue weighted by Gasteiger charge is 2.32. The van der Waals surface area contributed by atoms with Crippen LogP contribution in [0.4, 0.5) is 0 Å². The summed E-state index contributed by atoms with van der Waals surface area (Å²) in [6, 6.07) is 1.62. The van der Waals surface area contributed by atoms with Gasteiger partial charge in [-0.05, 0) is 51.5 Å². The second-order valence-electron chi connectivity index (χ2n) is 6.43. The lowest BCUT2D eigenvalue weighted by Gasteiger charge is -2.44. The summed E-state index contributed by atoms with van der Waals surface area (Å²) in [5.74, 6) is 1.03. The Morgan fingerprint density at radius 2 is 1.94 bits per heavy atom. The van der Waals surface area contributed by atoms with Crippen molar-refractivity contribution in [2.45, 2.75) is 77.3 Å². The zero-order valence-electron chi connectivity index (χ0n) is 12.5. The predicted octanol–water partition coefficient (Wildman–Crippen LogP) is 3.42. The van der Waals surface area contributed by atoms with E-state index in [2.05, 4.69) is 24.1 Å². The molecule has 1 aliphatic carbocycles. The van der Waals surface area contributed by atoms with Crippen molar-refractivity contribution in [3.05, 3.63) is 0 Å². The number of hydrogen-bond donors (Lipinski definition) is 1. The predicted molar refractivity (Wildman–Crippen MR) is 78.9 cm³/mol. The first kappa shape index (κ1) is 14.3. The smallest absolute Gasteiger partial charge is 0.0124 e. The third kappa shape index (κ3) is 3.96. The molecule has 2 rings (SSSR count). The van der Waals surface area contributed by atoms with E-state index >= 15 is 0 Å². The van der Waals surface area contributed by atoms with Crippen molar-refractivity contribution in [3.8, 4) is 0 Å². The molecule has 0 amide bonds. The van der Waals surface area contributed by atoms with E-state index in [1.54, 1.807) is 0 Å². The lowest BCUT2D eigenvalue weighted by Crippen LogP contribution is -2.49. The molecule has 0 aromatic heterocycles. The first-order valence-electron chi connectivity index (χ1n) is 8.28. The van der Waals surface area contributed by atoms with Crippen LogP contribution in [0.3, 0.4) is 0 Å². The fraction of sp³-hybridized carbons (Fsp3) is 1.00. The molecule has 0 radical (unpaired) electrons. The van der Waals surface area contributed by atoms with Gasteiger partial charge in [-0.2, -0.15) is 0 Å². The van der Waals surface area contributed by atoms with Gasteiger partial charge in [-0.1, -0.05) is 26.2 Å². The van der Waals surface area contributed by atoms with E-state index in [1.807, 2.05) is 0 Å². The van der Waals surface area contributed by atoms with E-state index < -0.39 is 0 Å². The largest absolute Gasteiger partial charge is 0.313 e. The summed E-state index contributed by atoms with van der Waals surface area (Å²) < 4.78 is 0. The van der Waals surface area contributed by atoms with Crippen LogP contribution in [-0.4, -0.2) is 36.6 Å². The molecule has 2 fully saturated rings. The standard InChI is InChI=1S/C16H32N2/c1-3-7-14(2)17-11-13-18-12-6-9-15-8-4-5-10-16(15)18/h14-17H,3-13H2,1-2H3. The van der Waals surface area contributed by atoms with E-state index in [1.165, 1.54) is 71.0 Å². The highest BCUT2D eigenvalue weighted by molar-refractivity contribution is 4.87. The maximum absolute atomic E-state index is 3.68. The Kier molecular flexibility index (Phi) is 5.97. The third-order valence-corrected chi connectivity index (χ3v) is 4.97. The second kappa shape index (κ2) is 7.49. The number of rotatable bonds is 6. The first-order chi connectivity index (χ1) is 8.81. The van der Waals surface area contributed by atoms with Gasteiger partial charge in [0.1, 0.15) is 0 Å². The maximum atomic E-state index is 3.68. The van der Waals surface area contributed by atoms with Gasteiger partial charge in [0.25, 0.3) is 0 Å². The quantitative estimate of drug-likeness (QED) is 0.779. The minimum absolute atomic E-state index is 0.696. The Morgan fingerprint density at radius 1 is 1.17 bits per heavy atom. The average Bonchev–Trinajstić information content (AvgIpc) is 2.39. The number of likely N-dealkylation sites (tertiary alicyclic amines) is 1. The summed E-state index contributed by atoms with van der Waals surface area (Å²) in [5, 5.41) is 3.68. The van der Waals surface area contributed by atoms with Crippen molar-refractivity contribution in [2.24, 2.45) is 5.92 Å². The Balaban J connectivity index is 1.70. The number of nitrogens with one attached hydrogen (secondary N) is 1. The van der Waals surface area contributed by atoms with Crippen LogP contribution in [0.15, 0.2) is 0 Å². The fourth-order valence-corrected chi connectivity index (χ4v) is 4.00. The van der Waals surface area contributed by atoms with Crippen molar-refractivity contribution in [2.75, 3.05) is 19.6 Å². The van der Waals surface area contributed by atoms with Gasteiger partial charge in [0, 0.05) is 25.2 Å². The molecule has 1 N–H and O–H groups in total. The molecule has 2 heteroatoms. The number of nitrogens with zero attached hydrogens (tertiary/aromatic N) is 1. The van der Waals surface area contributed by atoms with Crippen LogP contribution in [0.5, 0.6) is 0 Å². The van der Waals surface area contributed by atoms with Crippen molar-refractivity contribution in [3.63, 3.8) is 0 Å². The van der Waals surface area contributed by atoms with Crippen LogP contribution >= 0.6 is 0 Å². The molecule has 1 heterocycles. The Morgan fingerprint density at radius 3 is 2.78 bits per heavy atom. The van der Waals surface area contributed by atoms with Crippen LogP contribution in [0.1, 0.15) is 65.2 Å². The lowest BCUT2D eigenvalue weighted by molar-refractivity contribution is 0.0613. The SMILES string of the molecule is CCCC(C)NCCN1CCCC2CCCCC21. The van der Waals surface area contributed by atoms with Crippen molar-refractivity contribution in [1.82, 2.24) is 10.2 Å². The van der Waals surface area contributed by atoms with E-state index in [0.29, 0.717) is 6.04 Å². The van der Waals surface area contributed by atoms with Crippen LogP contribution in [0.2, 0.25) is 0 Å². The molecule has 2 aliphatic rings. The monoisotopic (exact) mass is 252 g/mol. The zero-order chi connectivity index (χ0) is 12.8. The van der Waals surface area contributed by atoms with Crippen molar-refractivity contribution in [1.29, 1.82) is 0 Å². The maximum Gasteiger partial charge on any atom is 0.0124 e. The van der Waals surface area contributed by atoms with E-state index in [0.717, 1.165) is 12.0 Å². The van der Waals surface area contributed by atoms with Crippen LogP contribution < -0.4 is 5.32 Å². The topological polar surface area (TPSA) is 15.3 Å². The molecule has 2 nitrogen and oxygen atoms in total. The fourth-order valence-electron chi connectivity index (χ4n) is 4.00. The summed E-state index contributed by atoms with van der Waals surface area (Å²) in [4.78, 5) is 2.79. The van der Waals surface area contributed by atoms with Crippen LogP contribution in [0, 0.1) is 5.92 Å². The number of fused-ring (bicyclic) bond motifs is 1. The molecule has 0 bridgehead atoms. The van der Waals surface area contributed by atoms with Crippen molar-refractivity contribution >= 4 is 0 Å². The van der Waals surface area contributed by atoms with Gasteiger partial charge in [0.2, 0.25) is 0 Å². The van der Waals surface area contributed by atoms with Gasteiger partial charge in [-0.3, -0.25) is 4.90 Å². The van der Waals surface area contributed by atoms with Gasteiger partial charge in [-0.25, -0.2) is 0 Å². The summed E-state index contributed by atoms with van der Waals surface area (Å²) >= 11 is 0. The minimum atomic E-state index is 0.696. The number of hydrogen-bond acceptors (Lipinski definition) is 2. The molecule has 1 aliphatic heterocycles. The molecule has 1 saturated carbocycles. The summed E-state index contributed by atoms with van der Waals surface area (Å²) in [6.45, 7) is 8.41. The molecular weight excluding hydrogens is 220 g/mol. The van der Waals surface area contributed by atoms with Gasteiger partial charge in [0.05, 0.1) is 0 Å². The van der Waals surface area contributed by atoms with E-state index in [4.69, 9.17) is 0 Å². The first-order valence-corrected chi connectivity index (χ1v) is 8.28. The normalized spacial score (nSPS) is 31.0. The van der Waals surface area contributed by atoms with Crippen LogP contribution in [-0.2, 0) is 0 Å². The minimum Gasteiger partial charge on any atom is -0.313 e. The molecule has 0 aromatic rings. The zero-order valence-corrected chi connectivity index (χ0v) is 12.5. The second-order valence-corrected chi connectivity index (χ2v) is 6.43. The van der Waals surface area contributed by atoms with E-state index in [-0.39, 0.29) is 0 Å². The number of piperidine rings is 1. The van der Waals surface area contributed by atoms with Gasteiger partial charge < -0.3 is 5.32 Å². The highest BCUT2D eigenvalue weighted by Crippen LogP contribution is 2.34. The third-order valence-electron chi connectivity index (χ3n) is 4.97. The molecule has 1 saturated heterocycles. The van der Waals surface area contributed by atoms with E-state index in [9.17, 15) is 0 Å². The molecular formula is C16H32N2.